The summed E-state index contributed by atoms with van der Waals surface area (Å²) in [5.41, 5.74) is 0.199. The first kappa shape index (κ1) is 12.3. The molecule has 0 saturated carbocycles. The van der Waals surface area contributed by atoms with Gasteiger partial charge >= 0.3 is 11.0 Å². The average molecular weight is 243 g/mol. The smallest absolute Gasteiger partial charge is 0.324 e. The summed E-state index contributed by atoms with van der Waals surface area (Å²) >= 11 is 0.854. The van der Waals surface area contributed by atoms with Gasteiger partial charge in [0.25, 0.3) is 0 Å². The number of carboxylic acid groups (broad SMARTS) is 1. The van der Waals surface area contributed by atoms with Gasteiger partial charge in [-0.1, -0.05) is 18.3 Å². The van der Waals surface area contributed by atoms with Crippen LogP contribution < -0.4 is 0 Å². The van der Waals surface area contributed by atoms with E-state index in [-0.39, 0.29) is 22.8 Å². The van der Waals surface area contributed by atoms with Crippen molar-refractivity contribution in [3.63, 3.8) is 0 Å². The molecule has 0 amide bonds. The van der Waals surface area contributed by atoms with Gasteiger partial charge in [0.15, 0.2) is 5.78 Å². The van der Waals surface area contributed by atoms with Gasteiger partial charge in [0.05, 0.1) is 10.8 Å². The third-order valence-electron chi connectivity index (χ3n) is 2.00. The monoisotopic (exact) mass is 243 g/mol. The van der Waals surface area contributed by atoms with Crippen LogP contribution in [0.3, 0.4) is 0 Å². The molecule has 0 radical (unpaired) electrons. The van der Waals surface area contributed by atoms with Crippen LogP contribution in [0.1, 0.15) is 23.7 Å². The Morgan fingerprint density at radius 1 is 1.62 bits per heavy atom. The number of carbonyl (C=O) groups excluding carboxylic acids is 1. The van der Waals surface area contributed by atoms with Gasteiger partial charge in [0.1, 0.15) is 0 Å². The van der Waals surface area contributed by atoms with Crippen molar-refractivity contribution >= 4 is 28.1 Å². The summed E-state index contributed by atoms with van der Waals surface area (Å²) in [6.45, 7) is 1.42. The van der Waals surface area contributed by atoms with E-state index in [2.05, 4.69) is 0 Å². The van der Waals surface area contributed by atoms with Crippen molar-refractivity contribution in [2.24, 2.45) is 5.92 Å². The van der Waals surface area contributed by atoms with E-state index in [1.165, 1.54) is 18.4 Å². The van der Waals surface area contributed by atoms with E-state index in [4.69, 9.17) is 5.11 Å². The summed E-state index contributed by atoms with van der Waals surface area (Å²) in [5, 5.41) is 20.2. The van der Waals surface area contributed by atoms with Crippen LogP contribution in [0.4, 0.5) is 5.00 Å². The van der Waals surface area contributed by atoms with E-state index in [1.54, 1.807) is 0 Å². The number of carbonyl (C=O) groups is 2. The minimum atomic E-state index is -1.06. The van der Waals surface area contributed by atoms with Gasteiger partial charge < -0.3 is 5.11 Å². The Kier molecular flexibility index (Phi) is 3.73. The van der Waals surface area contributed by atoms with Crippen molar-refractivity contribution in [3.05, 3.63) is 27.1 Å². The molecule has 1 atom stereocenters. The second kappa shape index (κ2) is 4.84. The van der Waals surface area contributed by atoms with Gasteiger partial charge in [-0.3, -0.25) is 19.7 Å². The molecule has 1 N–H and O–H groups in total. The summed E-state index contributed by atoms with van der Waals surface area (Å²) in [5.74, 6) is -2.23. The van der Waals surface area contributed by atoms with Crippen molar-refractivity contribution in [3.8, 4) is 0 Å². The lowest BCUT2D eigenvalue weighted by atomic mass is 10.0. The highest BCUT2D eigenvalue weighted by Gasteiger charge is 2.20. The average Bonchev–Trinajstić information content (AvgIpc) is 2.65. The lowest BCUT2D eigenvalue weighted by molar-refractivity contribution is -0.380. The maximum atomic E-state index is 11.5. The summed E-state index contributed by atoms with van der Waals surface area (Å²) in [6.07, 6.45) is -0.150. The van der Waals surface area contributed by atoms with Crippen molar-refractivity contribution < 1.29 is 19.6 Å². The first-order chi connectivity index (χ1) is 7.41. The Morgan fingerprint density at radius 2 is 2.25 bits per heavy atom. The second-order valence-corrected chi connectivity index (χ2v) is 4.19. The fourth-order valence-electron chi connectivity index (χ4n) is 1.05. The van der Waals surface area contributed by atoms with Crippen molar-refractivity contribution in [2.45, 2.75) is 13.3 Å². The zero-order valence-electron chi connectivity index (χ0n) is 8.37. The highest BCUT2D eigenvalue weighted by molar-refractivity contribution is 7.13. The summed E-state index contributed by atoms with van der Waals surface area (Å²) in [4.78, 5) is 31.8. The van der Waals surface area contributed by atoms with Crippen LogP contribution in [-0.4, -0.2) is 21.8 Å². The topological polar surface area (TPSA) is 97.5 Å². The maximum Gasteiger partial charge on any atom is 0.324 e. The molecule has 1 aromatic rings. The predicted molar refractivity (Wildman–Crippen MR) is 56.7 cm³/mol. The number of rotatable bonds is 5. The molecular weight excluding hydrogens is 234 g/mol. The number of nitro groups is 1. The highest BCUT2D eigenvalue weighted by atomic mass is 32.1. The molecule has 0 aliphatic heterocycles. The molecule has 7 heteroatoms. The fraction of sp³-hybridized carbons (Fsp3) is 0.333. The van der Waals surface area contributed by atoms with E-state index in [0.29, 0.717) is 0 Å². The number of aliphatic carboxylic acids is 1. The molecule has 0 fully saturated rings. The Labute approximate surface area is 94.7 Å². The zero-order valence-corrected chi connectivity index (χ0v) is 9.19. The molecule has 0 spiro atoms. The molecular formula is C9H9NO5S. The van der Waals surface area contributed by atoms with Crippen LogP contribution in [-0.2, 0) is 4.79 Å². The number of hydrogen-bond donors (Lipinski definition) is 1. The van der Waals surface area contributed by atoms with Crippen molar-refractivity contribution in [2.75, 3.05) is 0 Å². The lowest BCUT2D eigenvalue weighted by Gasteiger charge is -2.02. The molecule has 0 aliphatic carbocycles. The summed E-state index contributed by atoms with van der Waals surface area (Å²) in [7, 11) is 0. The number of hydrogen-bond acceptors (Lipinski definition) is 5. The molecule has 1 aromatic heterocycles. The molecule has 1 rings (SSSR count). The molecule has 86 valence electrons. The standard InChI is InChI=1S/C9H9NO5S/c1-5(9(12)13)2-7(11)6-3-8(10(14)15)16-4-6/h3-5H,2H2,1H3,(H,12,13). The summed E-state index contributed by atoms with van der Waals surface area (Å²) in [6, 6.07) is 1.17. The normalized spacial score (nSPS) is 12.1. The SMILES string of the molecule is CC(CC(=O)c1csc([N+](=O)[O-])c1)C(=O)O. The first-order valence-electron chi connectivity index (χ1n) is 4.40. The minimum Gasteiger partial charge on any atom is -0.481 e. The zero-order chi connectivity index (χ0) is 12.3. The van der Waals surface area contributed by atoms with Gasteiger partial charge in [0, 0.05) is 23.4 Å². The van der Waals surface area contributed by atoms with E-state index >= 15 is 0 Å². The van der Waals surface area contributed by atoms with Gasteiger partial charge in [-0.05, 0) is 0 Å². The Morgan fingerprint density at radius 3 is 2.69 bits per heavy atom. The molecule has 6 nitrogen and oxygen atoms in total. The van der Waals surface area contributed by atoms with Crippen molar-refractivity contribution in [1.82, 2.24) is 0 Å². The largest absolute Gasteiger partial charge is 0.481 e. The second-order valence-electron chi connectivity index (χ2n) is 3.30. The molecule has 0 saturated heterocycles. The van der Waals surface area contributed by atoms with Crippen LogP contribution in [0.15, 0.2) is 11.4 Å². The van der Waals surface area contributed by atoms with Gasteiger partial charge in [-0.15, -0.1) is 0 Å². The van der Waals surface area contributed by atoms with Crippen molar-refractivity contribution in [1.29, 1.82) is 0 Å². The number of thiophene rings is 1. The Bertz CT molecular complexity index is 439. The van der Waals surface area contributed by atoms with E-state index < -0.39 is 16.8 Å². The Hall–Kier alpha value is -1.76. The number of nitrogens with zero attached hydrogens (tertiary/aromatic N) is 1. The maximum absolute atomic E-state index is 11.5. The van der Waals surface area contributed by atoms with E-state index in [9.17, 15) is 19.7 Å². The van der Waals surface area contributed by atoms with Crippen LogP contribution in [0, 0.1) is 16.0 Å². The quantitative estimate of drug-likeness (QED) is 0.484. The van der Waals surface area contributed by atoms with Crippen LogP contribution in [0.25, 0.3) is 0 Å². The molecule has 16 heavy (non-hydrogen) atoms. The van der Waals surface area contributed by atoms with E-state index in [1.807, 2.05) is 0 Å². The molecule has 0 aromatic carbocycles. The molecule has 1 unspecified atom stereocenters. The number of carboxylic acids is 1. The van der Waals surface area contributed by atoms with Crippen LogP contribution in [0.2, 0.25) is 0 Å². The molecule has 0 bridgehead atoms. The van der Waals surface area contributed by atoms with Gasteiger partial charge in [-0.25, -0.2) is 0 Å². The number of ketones is 1. The third-order valence-corrected chi connectivity index (χ3v) is 2.88. The minimum absolute atomic E-state index is 0.119. The van der Waals surface area contributed by atoms with Crippen LogP contribution >= 0.6 is 11.3 Å². The third kappa shape index (κ3) is 2.86. The molecule has 1 heterocycles. The first-order valence-corrected chi connectivity index (χ1v) is 5.28. The van der Waals surface area contributed by atoms with Gasteiger partial charge in [0.2, 0.25) is 0 Å². The molecule has 0 aliphatic rings. The van der Waals surface area contributed by atoms with Crippen LogP contribution in [0.5, 0.6) is 0 Å². The number of Topliss-reactive ketones (excluding diaryl/α,β-unsaturated/α-hetero) is 1. The van der Waals surface area contributed by atoms with E-state index in [0.717, 1.165) is 11.3 Å². The Balaban J connectivity index is 2.73. The predicted octanol–water partition coefficient (Wildman–Crippen LogP) is 1.95. The lowest BCUT2D eigenvalue weighted by Crippen LogP contribution is -2.14. The van der Waals surface area contributed by atoms with Gasteiger partial charge in [-0.2, -0.15) is 0 Å². The fourth-order valence-corrected chi connectivity index (χ4v) is 1.78. The summed E-state index contributed by atoms with van der Waals surface area (Å²) < 4.78 is 0. The highest BCUT2D eigenvalue weighted by Crippen LogP contribution is 2.24.